The maximum Gasteiger partial charge on any atom is 0.337 e. The standard InChI is InChI=1S/C15H19N3O3/c1-11(9-17-5-7-21-8-6-17)18-10-16-14-12(15(19)20)3-2-4-13(14)18/h2-4,10-11H,5-9H2,1H3,(H,19,20). The molecule has 1 N–H and O–H groups in total. The van der Waals surface area contributed by atoms with Gasteiger partial charge in [-0.15, -0.1) is 0 Å². The van der Waals surface area contributed by atoms with Crippen molar-refractivity contribution in [2.24, 2.45) is 0 Å². The van der Waals surface area contributed by atoms with Gasteiger partial charge < -0.3 is 14.4 Å². The van der Waals surface area contributed by atoms with Gasteiger partial charge in [0.25, 0.3) is 0 Å². The van der Waals surface area contributed by atoms with Gasteiger partial charge in [-0.05, 0) is 19.1 Å². The third-order valence-electron chi connectivity index (χ3n) is 3.94. The molecule has 0 radical (unpaired) electrons. The normalized spacial score (nSPS) is 18.0. The van der Waals surface area contributed by atoms with Gasteiger partial charge in [-0.1, -0.05) is 6.07 Å². The number of aromatic nitrogens is 2. The fraction of sp³-hybridized carbons (Fsp3) is 0.467. The Bertz CT molecular complexity index is 647. The molecule has 6 heteroatoms. The summed E-state index contributed by atoms with van der Waals surface area (Å²) >= 11 is 0. The average Bonchev–Trinajstić information content (AvgIpc) is 2.92. The number of carboxylic acids is 1. The van der Waals surface area contributed by atoms with Gasteiger partial charge in [0.15, 0.2) is 0 Å². The van der Waals surface area contributed by atoms with Crippen LogP contribution in [0.25, 0.3) is 11.0 Å². The Morgan fingerprint density at radius 3 is 2.90 bits per heavy atom. The van der Waals surface area contributed by atoms with Gasteiger partial charge in [0.2, 0.25) is 0 Å². The first-order chi connectivity index (χ1) is 10.2. The summed E-state index contributed by atoms with van der Waals surface area (Å²) in [6, 6.07) is 5.52. The van der Waals surface area contributed by atoms with Crippen LogP contribution in [0.15, 0.2) is 24.5 Å². The first-order valence-corrected chi connectivity index (χ1v) is 7.16. The summed E-state index contributed by atoms with van der Waals surface area (Å²) in [7, 11) is 0. The second kappa shape index (κ2) is 5.83. The molecule has 112 valence electrons. The van der Waals surface area contributed by atoms with Crippen LogP contribution in [0.3, 0.4) is 0 Å². The first-order valence-electron chi connectivity index (χ1n) is 7.16. The Kier molecular flexibility index (Phi) is 3.90. The van der Waals surface area contributed by atoms with Crippen molar-refractivity contribution in [3.8, 4) is 0 Å². The fourth-order valence-corrected chi connectivity index (χ4v) is 2.83. The first kappa shape index (κ1) is 14.0. The van der Waals surface area contributed by atoms with Crippen molar-refractivity contribution in [2.45, 2.75) is 13.0 Å². The zero-order valence-electron chi connectivity index (χ0n) is 12.0. The predicted molar refractivity (Wildman–Crippen MR) is 78.7 cm³/mol. The SMILES string of the molecule is CC(CN1CCOCC1)n1cnc2c(C(=O)O)cccc21. The van der Waals surface area contributed by atoms with Crippen LogP contribution in [0, 0.1) is 0 Å². The van der Waals surface area contributed by atoms with E-state index in [9.17, 15) is 9.90 Å². The van der Waals surface area contributed by atoms with Crippen LogP contribution in [0.2, 0.25) is 0 Å². The van der Waals surface area contributed by atoms with E-state index in [1.807, 2.05) is 6.07 Å². The summed E-state index contributed by atoms with van der Waals surface area (Å²) in [6.45, 7) is 6.48. The number of carboxylic acid groups (broad SMARTS) is 1. The molecule has 3 rings (SSSR count). The molecule has 21 heavy (non-hydrogen) atoms. The van der Waals surface area contributed by atoms with E-state index in [1.165, 1.54) is 0 Å². The van der Waals surface area contributed by atoms with Gasteiger partial charge in [0, 0.05) is 25.7 Å². The highest BCUT2D eigenvalue weighted by molar-refractivity contribution is 6.00. The number of imidazole rings is 1. The van der Waals surface area contributed by atoms with Crippen molar-refractivity contribution in [1.29, 1.82) is 0 Å². The minimum absolute atomic E-state index is 0.233. The number of carbonyl (C=O) groups is 1. The second-order valence-electron chi connectivity index (χ2n) is 5.39. The number of para-hydroxylation sites is 1. The second-order valence-corrected chi connectivity index (χ2v) is 5.39. The molecule has 1 atom stereocenters. The smallest absolute Gasteiger partial charge is 0.337 e. The number of fused-ring (bicyclic) bond motifs is 1. The summed E-state index contributed by atoms with van der Waals surface area (Å²) < 4.78 is 7.41. The maximum absolute atomic E-state index is 11.2. The van der Waals surface area contributed by atoms with Gasteiger partial charge in [-0.25, -0.2) is 9.78 Å². The molecule has 1 aromatic carbocycles. The Labute approximate surface area is 122 Å². The summed E-state index contributed by atoms with van der Waals surface area (Å²) in [6.07, 6.45) is 1.74. The van der Waals surface area contributed by atoms with Crippen LogP contribution in [-0.4, -0.2) is 58.4 Å². The van der Waals surface area contributed by atoms with E-state index in [0.717, 1.165) is 38.4 Å². The fourth-order valence-electron chi connectivity index (χ4n) is 2.83. The third kappa shape index (κ3) is 2.77. The van der Waals surface area contributed by atoms with Gasteiger partial charge in [-0.2, -0.15) is 0 Å². The average molecular weight is 289 g/mol. The van der Waals surface area contributed by atoms with Crippen LogP contribution in [0.5, 0.6) is 0 Å². The van der Waals surface area contributed by atoms with Gasteiger partial charge in [-0.3, -0.25) is 4.90 Å². The zero-order valence-corrected chi connectivity index (χ0v) is 12.0. The molecule has 0 amide bonds. The van der Waals surface area contributed by atoms with Gasteiger partial charge >= 0.3 is 5.97 Å². The van der Waals surface area contributed by atoms with E-state index in [-0.39, 0.29) is 11.6 Å². The number of benzene rings is 1. The topological polar surface area (TPSA) is 67.6 Å². The van der Waals surface area contributed by atoms with Crippen LogP contribution < -0.4 is 0 Å². The Balaban J connectivity index is 1.86. The molecule has 2 aromatic rings. The molecule has 0 bridgehead atoms. The highest BCUT2D eigenvalue weighted by Gasteiger charge is 2.18. The van der Waals surface area contributed by atoms with E-state index < -0.39 is 5.97 Å². The number of hydrogen-bond acceptors (Lipinski definition) is 4. The highest BCUT2D eigenvalue weighted by Crippen LogP contribution is 2.21. The molecule has 1 fully saturated rings. The van der Waals surface area contributed by atoms with Crippen molar-refractivity contribution in [3.63, 3.8) is 0 Å². The van der Waals surface area contributed by atoms with E-state index in [2.05, 4.69) is 21.4 Å². The molecule has 1 aromatic heterocycles. The highest BCUT2D eigenvalue weighted by atomic mass is 16.5. The molecular weight excluding hydrogens is 270 g/mol. The van der Waals surface area contributed by atoms with Gasteiger partial charge in [0.05, 0.1) is 30.6 Å². The molecule has 1 saturated heterocycles. The summed E-state index contributed by atoms with van der Waals surface area (Å²) in [5.41, 5.74) is 1.68. The van der Waals surface area contributed by atoms with Crippen molar-refractivity contribution in [1.82, 2.24) is 14.5 Å². The zero-order chi connectivity index (χ0) is 14.8. The molecule has 0 spiro atoms. The Hall–Kier alpha value is -1.92. The molecule has 6 nitrogen and oxygen atoms in total. The summed E-state index contributed by atoms with van der Waals surface area (Å²) in [5, 5.41) is 9.22. The van der Waals surface area contributed by atoms with Crippen LogP contribution in [0.4, 0.5) is 0 Å². The van der Waals surface area contributed by atoms with Crippen molar-refractivity contribution >= 4 is 17.0 Å². The monoisotopic (exact) mass is 289 g/mol. The third-order valence-corrected chi connectivity index (χ3v) is 3.94. The number of nitrogens with zero attached hydrogens (tertiary/aromatic N) is 3. The lowest BCUT2D eigenvalue weighted by atomic mass is 10.2. The largest absolute Gasteiger partial charge is 0.478 e. The molecule has 2 heterocycles. The van der Waals surface area contributed by atoms with E-state index in [1.54, 1.807) is 18.5 Å². The molecule has 0 aliphatic carbocycles. The Morgan fingerprint density at radius 2 is 2.19 bits per heavy atom. The predicted octanol–water partition coefficient (Wildman–Crippen LogP) is 1.63. The van der Waals surface area contributed by atoms with Gasteiger partial charge in [0.1, 0.15) is 5.52 Å². The van der Waals surface area contributed by atoms with E-state index >= 15 is 0 Å². The summed E-state index contributed by atoms with van der Waals surface area (Å²) in [4.78, 5) is 17.9. The van der Waals surface area contributed by atoms with Crippen LogP contribution in [0.1, 0.15) is 23.3 Å². The number of morpholine rings is 1. The van der Waals surface area contributed by atoms with Crippen LogP contribution in [-0.2, 0) is 4.74 Å². The lowest BCUT2D eigenvalue weighted by Gasteiger charge is -2.29. The van der Waals surface area contributed by atoms with Crippen LogP contribution >= 0.6 is 0 Å². The van der Waals surface area contributed by atoms with Crippen molar-refractivity contribution in [3.05, 3.63) is 30.1 Å². The molecular formula is C15H19N3O3. The lowest BCUT2D eigenvalue weighted by Crippen LogP contribution is -2.39. The number of rotatable bonds is 4. The number of hydrogen-bond donors (Lipinski definition) is 1. The minimum atomic E-state index is -0.938. The molecule has 1 unspecified atom stereocenters. The lowest BCUT2D eigenvalue weighted by molar-refractivity contribution is 0.0327. The number of aromatic carboxylic acids is 1. The quantitative estimate of drug-likeness (QED) is 0.926. The molecule has 1 aliphatic heterocycles. The maximum atomic E-state index is 11.2. The molecule has 0 saturated carbocycles. The van der Waals surface area contributed by atoms with E-state index in [4.69, 9.17) is 4.74 Å². The van der Waals surface area contributed by atoms with E-state index in [0.29, 0.717) is 5.52 Å². The van der Waals surface area contributed by atoms with Crippen molar-refractivity contribution < 1.29 is 14.6 Å². The Morgan fingerprint density at radius 1 is 1.43 bits per heavy atom. The molecule has 1 aliphatic rings. The minimum Gasteiger partial charge on any atom is -0.478 e. The number of ether oxygens (including phenoxy) is 1. The summed E-state index contributed by atoms with van der Waals surface area (Å²) in [5.74, 6) is -0.938. The van der Waals surface area contributed by atoms with Crippen molar-refractivity contribution in [2.75, 3.05) is 32.8 Å².